The van der Waals surface area contributed by atoms with Crippen LogP contribution in [0.5, 0.6) is 0 Å². The number of nitrogens with zero attached hydrogens (tertiary/aromatic N) is 1. The first kappa shape index (κ1) is 17.7. The largest absolute Gasteiger partial charge is 0.352 e. The van der Waals surface area contributed by atoms with E-state index in [2.05, 4.69) is 17.1 Å². The molecule has 1 saturated heterocycles. The number of nitrogens with two attached hydrogens (primary N) is 1. The lowest BCUT2D eigenvalue weighted by Crippen LogP contribution is -2.50. The van der Waals surface area contributed by atoms with Crippen molar-refractivity contribution in [1.82, 2.24) is 10.2 Å². The van der Waals surface area contributed by atoms with Crippen molar-refractivity contribution >= 4 is 18.3 Å². The van der Waals surface area contributed by atoms with Crippen molar-refractivity contribution in [2.75, 3.05) is 19.6 Å². The van der Waals surface area contributed by atoms with E-state index in [-0.39, 0.29) is 18.3 Å². The first-order valence-corrected chi connectivity index (χ1v) is 7.92. The Bertz CT molecular complexity index is 293. The number of nitrogens with one attached hydrogen (secondary N) is 1. The molecule has 0 aromatic heterocycles. The maximum Gasteiger partial charge on any atom is 0.234 e. The maximum atomic E-state index is 12.1. The summed E-state index contributed by atoms with van der Waals surface area (Å²) in [6.45, 7) is 4.65. The maximum absolute atomic E-state index is 12.1. The third-order valence-corrected chi connectivity index (χ3v) is 4.64. The lowest BCUT2D eigenvalue weighted by Gasteiger charge is -2.34. The van der Waals surface area contributed by atoms with Gasteiger partial charge in [-0.3, -0.25) is 9.69 Å². The molecular formula is C15H30ClN3O. The molecule has 1 heterocycles. The van der Waals surface area contributed by atoms with Gasteiger partial charge in [-0.2, -0.15) is 0 Å². The van der Waals surface area contributed by atoms with Crippen LogP contribution in [-0.2, 0) is 4.79 Å². The van der Waals surface area contributed by atoms with Crippen LogP contribution in [-0.4, -0.2) is 42.5 Å². The second-order valence-electron chi connectivity index (χ2n) is 6.42. The molecule has 2 unspecified atom stereocenters. The molecule has 0 aromatic rings. The number of hydrogen-bond donors (Lipinski definition) is 2. The number of piperidine rings is 1. The Hall–Kier alpha value is -0.320. The summed E-state index contributed by atoms with van der Waals surface area (Å²) in [6, 6.07) is 0.723. The lowest BCUT2D eigenvalue weighted by atomic mass is 9.95. The third-order valence-electron chi connectivity index (χ3n) is 4.64. The van der Waals surface area contributed by atoms with Crippen LogP contribution in [0.4, 0.5) is 0 Å². The van der Waals surface area contributed by atoms with Gasteiger partial charge in [0.05, 0.1) is 6.54 Å². The van der Waals surface area contributed by atoms with E-state index in [4.69, 9.17) is 5.73 Å². The molecule has 1 saturated carbocycles. The Labute approximate surface area is 129 Å². The molecule has 20 heavy (non-hydrogen) atoms. The Morgan fingerprint density at radius 3 is 2.45 bits per heavy atom. The molecule has 0 radical (unpaired) electrons. The fraction of sp³-hybridized carbons (Fsp3) is 0.933. The van der Waals surface area contributed by atoms with Crippen molar-refractivity contribution in [1.29, 1.82) is 0 Å². The van der Waals surface area contributed by atoms with Gasteiger partial charge in [-0.25, -0.2) is 0 Å². The van der Waals surface area contributed by atoms with Gasteiger partial charge in [0, 0.05) is 25.2 Å². The summed E-state index contributed by atoms with van der Waals surface area (Å²) < 4.78 is 0. The second-order valence-corrected chi connectivity index (χ2v) is 6.42. The summed E-state index contributed by atoms with van der Waals surface area (Å²) in [5.74, 6) is 0.703. The van der Waals surface area contributed by atoms with Gasteiger partial charge in [0.25, 0.3) is 0 Å². The van der Waals surface area contributed by atoms with Gasteiger partial charge in [0.1, 0.15) is 0 Å². The van der Waals surface area contributed by atoms with Crippen LogP contribution in [0.25, 0.3) is 0 Å². The van der Waals surface area contributed by atoms with E-state index >= 15 is 0 Å². The van der Waals surface area contributed by atoms with E-state index in [0.29, 0.717) is 24.5 Å². The van der Waals surface area contributed by atoms with E-state index in [9.17, 15) is 4.79 Å². The Balaban J connectivity index is 0.00000200. The highest BCUT2D eigenvalue weighted by Crippen LogP contribution is 2.18. The Morgan fingerprint density at radius 2 is 1.85 bits per heavy atom. The minimum absolute atomic E-state index is 0. The zero-order chi connectivity index (χ0) is 13.7. The number of halogens is 1. The monoisotopic (exact) mass is 303 g/mol. The predicted octanol–water partition coefficient (Wildman–Crippen LogP) is 1.92. The number of carbonyl (C=O) groups excluding carboxylic acids is 1. The lowest BCUT2D eigenvalue weighted by molar-refractivity contribution is -0.123. The summed E-state index contributed by atoms with van der Waals surface area (Å²) in [6.07, 6.45) is 8.51. The summed E-state index contributed by atoms with van der Waals surface area (Å²) in [7, 11) is 0. The van der Waals surface area contributed by atoms with Crippen molar-refractivity contribution in [2.45, 2.75) is 64.0 Å². The molecule has 1 aliphatic heterocycles. The van der Waals surface area contributed by atoms with Crippen molar-refractivity contribution < 1.29 is 4.79 Å². The quantitative estimate of drug-likeness (QED) is 0.783. The van der Waals surface area contributed by atoms with Crippen LogP contribution < -0.4 is 11.1 Å². The average Bonchev–Trinajstić information content (AvgIpc) is 2.62. The molecule has 1 aliphatic carbocycles. The van der Waals surface area contributed by atoms with Gasteiger partial charge >= 0.3 is 0 Å². The number of likely N-dealkylation sites (tertiary alicyclic amines) is 1. The summed E-state index contributed by atoms with van der Waals surface area (Å²) in [5, 5.41) is 3.22. The van der Waals surface area contributed by atoms with E-state index < -0.39 is 0 Å². The molecule has 2 fully saturated rings. The van der Waals surface area contributed by atoms with Gasteiger partial charge in [-0.1, -0.05) is 32.6 Å². The van der Waals surface area contributed by atoms with Crippen molar-refractivity contribution in [3.63, 3.8) is 0 Å². The van der Waals surface area contributed by atoms with Crippen molar-refractivity contribution in [2.24, 2.45) is 11.7 Å². The van der Waals surface area contributed by atoms with Gasteiger partial charge in [-0.15, -0.1) is 12.4 Å². The van der Waals surface area contributed by atoms with E-state index in [1.807, 2.05) is 0 Å². The molecule has 0 spiro atoms. The van der Waals surface area contributed by atoms with Gasteiger partial charge in [-0.05, 0) is 25.2 Å². The highest BCUT2D eigenvalue weighted by molar-refractivity contribution is 5.85. The number of rotatable bonds is 3. The number of carbonyl (C=O) groups is 1. The topological polar surface area (TPSA) is 58.4 Å². The van der Waals surface area contributed by atoms with E-state index in [1.54, 1.807) is 0 Å². The second kappa shape index (κ2) is 8.85. The van der Waals surface area contributed by atoms with Crippen molar-refractivity contribution in [3.8, 4) is 0 Å². The summed E-state index contributed by atoms with van der Waals surface area (Å²) in [5.41, 5.74) is 6.01. The van der Waals surface area contributed by atoms with Crippen LogP contribution in [0.2, 0.25) is 0 Å². The van der Waals surface area contributed by atoms with Gasteiger partial charge in [0.2, 0.25) is 5.91 Å². The van der Waals surface area contributed by atoms with Crippen molar-refractivity contribution in [3.05, 3.63) is 0 Å². The first-order chi connectivity index (χ1) is 9.15. The highest BCUT2D eigenvalue weighted by atomic mass is 35.5. The third kappa shape index (κ3) is 5.58. The summed E-state index contributed by atoms with van der Waals surface area (Å²) in [4.78, 5) is 14.3. The molecule has 0 aromatic carbocycles. The molecule has 118 valence electrons. The standard InChI is InChI=1S/C15H29N3O.ClH/c1-12-10-18(9-8-14(12)16)11-15(19)17-13-6-4-2-3-5-7-13;/h12-14H,2-11,16H2,1H3,(H,17,19);1H. The van der Waals surface area contributed by atoms with Gasteiger partial charge in [0.15, 0.2) is 0 Å². The van der Waals surface area contributed by atoms with Crippen LogP contribution in [0, 0.1) is 5.92 Å². The number of hydrogen-bond acceptors (Lipinski definition) is 3. The Morgan fingerprint density at radius 1 is 1.20 bits per heavy atom. The van der Waals surface area contributed by atoms with Crippen LogP contribution in [0.15, 0.2) is 0 Å². The fourth-order valence-electron chi connectivity index (χ4n) is 3.29. The molecule has 3 N–H and O–H groups in total. The zero-order valence-electron chi connectivity index (χ0n) is 12.6. The molecular weight excluding hydrogens is 274 g/mol. The molecule has 2 aliphatic rings. The highest BCUT2D eigenvalue weighted by Gasteiger charge is 2.25. The summed E-state index contributed by atoms with van der Waals surface area (Å²) >= 11 is 0. The van der Waals surface area contributed by atoms with Crippen LogP contribution >= 0.6 is 12.4 Å². The smallest absolute Gasteiger partial charge is 0.234 e. The minimum atomic E-state index is 0. The predicted molar refractivity (Wildman–Crippen MR) is 85.1 cm³/mol. The molecule has 2 rings (SSSR count). The molecule has 5 heteroatoms. The van der Waals surface area contributed by atoms with Crippen LogP contribution in [0.3, 0.4) is 0 Å². The minimum Gasteiger partial charge on any atom is -0.352 e. The number of amides is 1. The average molecular weight is 304 g/mol. The normalized spacial score (nSPS) is 29.3. The van der Waals surface area contributed by atoms with E-state index in [0.717, 1.165) is 32.4 Å². The molecule has 1 amide bonds. The molecule has 2 atom stereocenters. The molecule has 4 nitrogen and oxygen atoms in total. The van der Waals surface area contributed by atoms with Crippen LogP contribution in [0.1, 0.15) is 51.9 Å². The zero-order valence-corrected chi connectivity index (χ0v) is 13.5. The Kier molecular flexibility index (Phi) is 7.85. The molecule has 0 bridgehead atoms. The van der Waals surface area contributed by atoms with Gasteiger partial charge < -0.3 is 11.1 Å². The van der Waals surface area contributed by atoms with E-state index in [1.165, 1.54) is 25.7 Å². The SMILES string of the molecule is CC1CN(CC(=O)NC2CCCCCC2)CCC1N.Cl. The fourth-order valence-corrected chi connectivity index (χ4v) is 3.29. The first-order valence-electron chi connectivity index (χ1n) is 7.92.